The fraction of sp³-hybridized carbons (Fsp3) is 0.500. The number of amides is 2. The van der Waals surface area contributed by atoms with Crippen LogP contribution in [0.4, 0.5) is 0 Å². The third kappa shape index (κ3) is 3.42. The molecule has 2 aromatic rings. The fourth-order valence-corrected chi connectivity index (χ4v) is 3.18. The van der Waals surface area contributed by atoms with E-state index in [0.29, 0.717) is 17.8 Å². The first-order valence-corrected chi connectivity index (χ1v) is 8.77. The summed E-state index contributed by atoms with van der Waals surface area (Å²) in [5.74, 6) is -0.192. The smallest absolute Gasteiger partial charge is 0.287 e. The Morgan fingerprint density at radius 1 is 1.21 bits per heavy atom. The van der Waals surface area contributed by atoms with E-state index in [2.05, 4.69) is 15.6 Å². The van der Waals surface area contributed by atoms with Crippen LogP contribution in [0.1, 0.15) is 66.6 Å². The minimum Gasteiger partial charge on any atom is -0.349 e. The largest absolute Gasteiger partial charge is 0.349 e. The molecular weight excluding hydrogens is 304 g/mol. The third-order valence-electron chi connectivity index (χ3n) is 4.44. The summed E-state index contributed by atoms with van der Waals surface area (Å²) in [6.45, 7) is 2.58. The summed E-state index contributed by atoms with van der Waals surface area (Å²) >= 11 is 0. The van der Waals surface area contributed by atoms with Crippen molar-refractivity contribution in [3.8, 4) is 0 Å². The van der Waals surface area contributed by atoms with Gasteiger partial charge in [0.1, 0.15) is 0 Å². The standard InChI is InChI=1S/C18H24N4O2/c1-2-11-19-18(24)16-21-15(14-10-6-7-12-22(14)16)17(23)20-13-8-4-3-5-9-13/h6-7,10,12-13H,2-5,8-9,11H2,1H3,(H,19,24)(H,20,23). The summed E-state index contributed by atoms with van der Waals surface area (Å²) < 4.78 is 1.68. The number of fused-ring (bicyclic) bond motifs is 1. The van der Waals surface area contributed by atoms with E-state index < -0.39 is 0 Å². The SMILES string of the molecule is CCCNC(=O)c1nc(C(=O)NC2CCCCC2)c2ccccn12. The Morgan fingerprint density at radius 2 is 2.00 bits per heavy atom. The number of aromatic nitrogens is 2. The fourth-order valence-electron chi connectivity index (χ4n) is 3.18. The lowest BCUT2D eigenvalue weighted by molar-refractivity contribution is 0.0925. The molecule has 0 radical (unpaired) electrons. The Labute approximate surface area is 141 Å². The quantitative estimate of drug-likeness (QED) is 0.885. The Kier molecular flexibility index (Phi) is 5.13. The number of nitrogens with zero attached hydrogens (tertiary/aromatic N) is 2. The van der Waals surface area contributed by atoms with Gasteiger partial charge in [0.05, 0.1) is 5.52 Å². The van der Waals surface area contributed by atoms with Crippen molar-refractivity contribution >= 4 is 17.3 Å². The Hall–Kier alpha value is -2.37. The van der Waals surface area contributed by atoms with E-state index in [-0.39, 0.29) is 23.7 Å². The molecule has 2 heterocycles. The van der Waals surface area contributed by atoms with E-state index in [1.807, 2.05) is 25.1 Å². The van der Waals surface area contributed by atoms with Gasteiger partial charge < -0.3 is 10.6 Å². The van der Waals surface area contributed by atoms with Crippen LogP contribution in [-0.2, 0) is 0 Å². The molecule has 1 aliphatic carbocycles. The van der Waals surface area contributed by atoms with Crippen LogP contribution in [0.5, 0.6) is 0 Å². The second-order valence-electron chi connectivity index (χ2n) is 6.30. The van der Waals surface area contributed by atoms with Crippen molar-refractivity contribution in [2.75, 3.05) is 6.54 Å². The third-order valence-corrected chi connectivity index (χ3v) is 4.44. The molecule has 6 nitrogen and oxygen atoms in total. The predicted molar refractivity (Wildman–Crippen MR) is 92.2 cm³/mol. The molecule has 2 N–H and O–H groups in total. The molecule has 0 saturated heterocycles. The maximum atomic E-state index is 12.7. The van der Waals surface area contributed by atoms with E-state index >= 15 is 0 Å². The molecule has 1 saturated carbocycles. The lowest BCUT2D eigenvalue weighted by Gasteiger charge is -2.22. The van der Waals surface area contributed by atoms with E-state index in [0.717, 1.165) is 32.1 Å². The van der Waals surface area contributed by atoms with Gasteiger partial charge in [-0.3, -0.25) is 14.0 Å². The van der Waals surface area contributed by atoms with Gasteiger partial charge in [0.15, 0.2) is 5.69 Å². The summed E-state index contributed by atoms with van der Waals surface area (Å²) in [6, 6.07) is 5.71. The highest BCUT2D eigenvalue weighted by Crippen LogP contribution is 2.19. The van der Waals surface area contributed by atoms with Crippen molar-refractivity contribution in [2.45, 2.75) is 51.5 Å². The first-order chi connectivity index (χ1) is 11.7. The molecule has 24 heavy (non-hydrogen) atoms. The van der Waals surface area contributed by atoms with Crippen molar-refractivity contribution in [3.63, 3.8) is 0 Å². The van der Waals surface area contributed by atoms with Gasteiger partial charge in [0.2, 0.25) is 5.82 Å². The van der Waals surface area contributed by atoms with Gasteiger partial charge in [-0.1, -0.05) is 32.3 Å². The van der Waals surface area contributed by atoms with Crippen LogP contribution in [0.2, 0.25) is 0 Å². The summed E-state index contributed by atoms with van der Waals surface area (Å²) in [5.41, 5.74) is 0.982. The van der Waals surface area contributed by atoms with Crippen molar-refractivity contribution in [3.05, 3.63) is 35.9 Å². The van der Waals surface area contributed by atoms with Crippen LogP contribution in [0.25, 0.3) is 5.52 Å². The van der Waals surface area contributed by atoms with E-state index in [9.17, 15) is 9.59 Å². The minimum atomic E-state index is -0.255. The Bertz CT molecular complexity index is 732. The zero-order valence-corrected chi connectivity index (χ0v) is 14.0. The van der Waals surface area contributed by atoms with Gasteiger partial charge in [-0.25, -0.2) is 4.98 Å². The van der Waals surface area contributed by atoms with Crippen LogP contribution in [0.15, 0.2) is 24.4 Å². The van der Waals surface area contributed by atoms with Crippen LogP contribution in [-0.4, -0.2) is 33.8 Å². The molecule has 3 rings (SSSR count). The highest BCUT2D eigenvalue weighted by Gasteiger charge is 2.23. The molecule has 1 fully saturated rings. The highest BCUT2D eigenvalue weighted by atomic mass is 16.2. The molecule has 1 aliphatic rings. The zero-order valence-electron chi connectivity index (χ0n) is 14.0. The van der Waals surface area contributed by atoms with Crippen LogP contribution >= 0.6 is 0 Å². The molecule has 0 unspecified atom stereocenters. The molecule has 0 aliphatic heterocycles. The van der Waals surface area contributed by atoms with Gasteiger partial charge in [-0.05, 0) is 31.4 Å². The maximum absolute atomic E-state index is 12.7. The number of imidazole rings is 1. The number of nitrogens with one attached hydrogen (secondary N) is 2. The lowest BCUT2D eigenvalue weighted by Crippen LogP contribution is -2.36. The number of hydrogen-bond donors (Lipinski definition) is 2. The monoisotopic (exact) mass is 328 g/mol. The van der Waals surface area contributed by atoms with Gasteiger partial charge in [-0.15, -0.1) is 0 Å². The number of rotatable bonds is 5. The molecule has 2 amide bonds. The molecule has 128 valence electrons. The van der Waals surface area contributed by atoms with Crippen LogP contribution < -0.4 is 10.6 Å². The number of carbonyl (C=O) groups is 2. The topological polar surface area (TPSA) is 75.5 Å². The number of hydrogen-bond acceptors (Lipinski definition) is 3. The van der Waals surface area contributed by atoms with E-state index in [4.69, 9.17) is 0 Å². The van der Waals surface area contributed by atoms with Gasteiger partial charge >= 0.3 is 0 Å². The average Bonchev–Trinajstić information content (AvgIpc) is 3.00. The molecule has 6 heteroatoms. The summed E-state index contributed by atoms with van der Waals surface area (Å²) in [7, 11) is 0. The molecule has 0 atom stereocenters. The molecule has 0 spiro atoms. The average molecular weight is 328 g/mol. The van der Waals surface area contributed by atoms with Crippen LogP contribution in [0.3, 0.4) is 0 Å². The molecule has 2 aromatic heterocycles. The maximum Gasteiger partial charge on any atom is 0.287 e. The minimum absolute atomic E-state index is 0.194. The lowest BCUT2D eigenvalue weighted by atomic mass is 9.95. The van der Waals surface area contributed by atoms with Crippen molar-refractivity contribution < 1.29 is 9.59 Å². The predicted octanol–water partition coefficient (Wildman–Crippen LogP) is 2.54. The number of carbonyl (C=O) groups excluding carboxylic acids is 2. The Morgan fingerprint density at radius 3 is 2.75 bits per heavy atom. The number of pyridine rings is 1. The van der Waals surface area contributed by atoms with E-state index in [1.165, 1.54) is 6.42 Å². The summed E-state index contributed by atoms with van der Waals surface area (Å²) in [4.78, 5) is 29.3. The van der Waals surface area contributed by atoms with Gasteiger partial charge in [0, 0.05) is 18.8 Å². The second kappa shape index (κ2) is 7.47. The van der Waals surface area contributed by atoms with Gasteiger partial charge in [0.25, 0.3) is 11.8 Å². The van der Waals surface area contributed by atoms with Crippen molar-refractivity contribution in [1.82, 2.24) is 20.0 Å². The summed E-state index contributed by atoms with van der Waals surface area (Å²) in [5, 5.41) is 5.90. The summed E-state index contributed by atoms with van der Waals surface area (Å²) in [6.07, 6.45) is 8.19. The molecule has 0 aromatic carbocycles. The van der Waals surface area contributed by atoms with Crippen LogP contribution in [0, 0.1) is 0 Å². The first-order valence-electron chi connectivity index (χ1n) is 8.77. The van der Waals surface area contributed by atoms with Crippen molar-refractivity contribution in [2.24, 2.45) is 0 Å². The zero-order chi connectivity index (χ0) is 16.9. The molecule has 0 bridgehead atoms. The highest BCUT2D eigenvalue weighted by molar-refractivity contribution is 6.02. The normalized spacial score (nSPS) is 15.4. The molecular formula is C18H24N4O2. The van der Waals surface area contributed by atoms with Gasteiger partial charge in [-0.2, -0.15) is 0 Å². The van der Waals surface area contributed by atoms with E-state index in [1.54, 1.807) is 10.6 Å². The first kappa shape index (κ1) is 16.5. The van der Waals surface area contributed by atoms with Crippen molar-refractivity contribution in [1.29, 1.82) is 0 Å². The Balaban J connectivity index is 1.87. The second-order valence-corrected chi connectivity index (χ2v) is 6.30.